The maximum Gasteiger partial charge on any atom is 0.304 e. The molecule has 0 aliphatic rings. The minimum atomic E-state index is -3.89. The molecule has 0 radical (unpaired) electrons. The number of nitrogen functional groups attached to an aromatic ring is 1. The number of sulfonamides is 1. The lowest BCUT2D eigenvalue weighted by Crippen LogP contribution is -2.37. The summed E-state index contributed by atoms with van der Waals surface area (Å²) < 4.78 is 25.8. The summed E-state index contributed by atoms with van der Waals surface area (Å²) in [5, 5.41) is 19.1. The second-order valence-corrected chi connectivity index (χ2v) is 7.39. The fraction of sp³-hybridized carbons (Fsp3) is 0.500. The molecule has 0 aliphatic carbocycles. The van der Waals surface area contributed by atoms with E-state index in [1.165, 1.54) is 0 Å². The second-order valence-electron chi connectivity index (χ2n) is 4.19. The molecule has 1 aromatic heterocycles. The van der Waals surface area contributed by atoms with E-state index in [2.05, 4.69) is 0 Å². The molecule has 0 atom stereocenters. The SMILES string of the molecule is CC(C)N(CCC#N)S(=O)(=O)c1cc([N+](=O)[O-])c(N)s1. The molecule has 1 heterocycles. The Morgan fingerprint density at radius 2 is 2.20 bits per heavy atom. The highest BCUT2D eigenvalue weighted by molar-refractivity contribution is 7.91. The molecular formula is C10H14N4O4S2. The van der Waals surface area contributed by atoms with E-state index in [4.69, 9.17) is 11.0 Å². The van der Waals surface area contributed by atoms with Gasteiger partial charge in [0.15, 0.2) is 5.00 Å². The first-order valence-electron chi connectivity index (χ1n) is 5.64. The van der Waals surface area contributed by atoms with E-state index < -0.39 is 20.6 Å². The molecule has 0 unspecified atom stereocenters. The van der Waals surface area contributed by atoms with Crippen LogP contribution in [0.3, 0.4) is 0 Å². The number of anilines is 1. The molecule has 1 aromatic rings. The molecule has 0 saturated carbocycles. The standard InChI is InChI=1S/C10H14N4O4S2/c1-7(2)13(5-3-4-11)20(17,18)9-6-8(14(15)16)10(12)19-9/h6-7H,3,5,12H2,1-2H3. The molecule has 0 amide bonds. The lowest BCUT2D eigenvalue weighted by Gasteiger charge is -2.23. The molecule has 0 aliphatic heterocycles. The molecule has 1 rings (SSSR count). The third-order valence-corrected chi connectivity index (χ3v) is 5.98. The van der Waals surface area contributed by atoms with Gasteiger partial charge in [0.25, 0.3) is 10.0 Å². The van der Waals surface area contributed by atoms with Gasteiger partial charge in [-0.15, -0.1) is 0 Å². The van der Waals surface area contributed by atoms with Crippen molar-refractivity contribution >= 4 is 32.0 Å². The average Bonchev–Trinajstić information content (AvgIpc) is 2.72. The predicted molar refractivity (Wildman–Crippen MR) is 74.6 cm³/mol. The van der Waals surface area contributed by atoms with Gasteiger partial charge in [0.05, 0.1) is 11.0 Å². The molecule has 10 heteroatoms. The van der Waals surface area contributed by atoms with E-state index in [-0.39, 0.29) is 28.2 Å². The predicted octanol–water partition coefficient (Wildman–Crippen LogP) is 1.55. The van der Waals surface area contributed by atoms with Crippen molar-refractivity contribution in [2.24, 2.45) is 0 Å². The van der Waals surface area contributed by atoms with E-state index in [1.54, 1.807) is 13.8 Å². The molecule has 0 fully saturated rings. The van der Waals surface area contributed by atoms with Crippen LogP contribution < -0.4 is 5.73 Å². The van der Waals surface area contributed by atoms with Crippen LogP contribution in [0, 0.1) is 21.4 Å². The molecule has 20 heavy (non-hydrogen) atoms. The highest BCUT2D eigenvalue weighted by atomic mass is 32.2. The van der Waals surface area contributed by atoms with Crippen molar-refractivity contribution < 1.29 is 13.3 Å². The minimum Gasteiger partial charge on any atom is -0.385 e. The van der Waals surface area contributed by atoms with E-state index in [9.17, 15) is 18.5 Å². The third kappa shape index (κ3) is 3.24. The molecule has 2 N–H and O–H groups in total. The topological polar surface area (TPSA) is 130 Å². The summed E-state index contributed by atoms with van der Waals surface area (Å²) in [6.45, 7) is 3.36. The summed E-state index contributed by atoms with van der Waals surface area (Å²) in [6, 6.07) is 2.47. The Balaban J connectivity index is 3.23. The highest BCUT2D eigenvalue weighted by Gasteiger charge is 2.31. The van der Waals surface area contributed by atoms with Crippen molar-refractivity contribution in [1.29, 1.82) is 5.26 Å². The van der Waals surface area contributed by atoms with Gasteiger partial charge in [0.1, 0.15) is 4.21 Å². The summed E-state index contributed by atoms with van der Waals surface area (Å²) in [7, 11) is -3.89. The Labute approximate surface area is 120 Å². The fourth-order valence-corrected chi connectivity index (χ4v) is 4.56. The van der Waals surface area contributed by atoms with Crippen LogP contribution in [0.5, 0.6) is 0 Å². The summed E-state index contributed by atoms with van der Waals surface area (Å²) in [5.74, 6) is 0. The largest absolute Gasteiger partial charge is 0.385 e. The normalized spacial score (nSPS) is 11.8. The molecule has 0 aromatic carbocycles. The van der Waals surface area contributed by atoms with Crippen LogP contribution in [0.4, 0.5) is 10.7 Å². The van der Waals surface area contributed by atoms with Crippen molar-refractivity contribution in [3.05, 3.63) is 16.2 Å². The Bertz CT molecular complexity index is 645. The first-order valence-corrected chi connectivity index (χ1v) is 7.90. The Morgan fingerprint density at radius 1 is 1.60 bits per heavy atom. The maximum atomic E-state index is 12.4. The van der Waals surface area contributed by atoms with E-state index in [0.29, 0.717) is 11.3 Å². The Morgan fingerprint density at radius 3 is 2.60 bits per heavy atom. The van der Waals surface area contributed by atoms with Gasteiger partial charge < -0.3 is 5.73 Å². The zero-order valence-electron chi connectivity index (χ0n) is 10.9. The average molecular weight is 318 g/mol. The number of nitriles is 1. The summed E-state index contributed by atoms with van der Waals surface area (Å²) in [4.78, 5) is 10.00. The lowest BCUT2D eigenvalue weighted by molar-refractivity contribution is -0.383. The van der Waals surface area contributed by atoms with Gasteiger partial charge in [-0.2, -0.15) is 9.57 Å². The lowest BCUT2D eigenvalue weighted by atomic mass is 10.3. The summed E-state index contributed by atoms with van der Waals surface area (Å²) in [5.41, 5.74) is 5.04. The van der Waals surface area contributed by atoms with Crippen molar-refractivity contribution in [3.8, 4) is 6.07 Å². The van der Waals surface area contributed by atoms with Gasteiger partial charge in [0, 0.05) is 25.1 Å². The number of nitrogens with two attached hydrogens (primary N) is 1. The Hall–Kier alpha value is -1.70. The fourth-order valence-electron chi connectivity index (χ4n) is 1.57. The first kappa shape index (κ1) is 16.4. The minimum absolute atomic E-state index is 0.0299. The van der Waals surface area contributed by atoms with Crippen molar-refractivity contribution in [2.75, 3.05) is 12.3 Å². The molecule has 0 spiro atoms. The van der Waals surface area contributed by atoms with Gasteiger partial charge >= 0.3 is 5.69 Å². The second kappa shape index (κ2) is 6.17. The Kier molecular flexibility index (Phi) is 5.04. The maximum absolute atomic E-state index is 12.4. The quantitative estimate of drug-likeness (QED) is 0.625. The number of hydrogen-bond acceptors (Lipinski definition) is 7. The van der Waals surface area contributed by atoms with Crippen LogP contribution in [-0.4, -0.2) is 30.2 Å². The van der Waals surface area contributed by atoms with Crippen molar-refractivity contribution in [3.63, 3.8) is 0 Å². The van der Waals surface area contributed by atoms with E-state index in [0.717, 1.165) is 10.4 Å². The van der Waals surface area contributed by atoms with E-state index in [1.807, 2.05) is 6.07 Å². The van der Waals surface area contributed by atoms with Crippen LogP contribution in [0.2, 0.25) is 0 Å². The zero-order chi connectivity index (χ0) is 15.5. The molecular weight excluding hydrogens is 304 g/mol. The third-order valence-electron chi connectivity index (χ3n) is 2.50. The molecule has 0 saturated heterocycles. The van der Waals surface area contributed by atoms with Gasteiger partial charge in [0.2, 0.25) is 0 Å². The molecule has 110 valence electrons. The number of rotatable bonds is 6. The van der Waals surface area contributed by atoms with Crippen LogP contribution in [0.15, 0.2) is 10.3 Å². The van der Waals surface area contributed by atoms with Crippen LogP contribution >= 0.6 is 11.3 Å². The first-order chi connectivity index (χ1) is 9.21. The van der Waals surface area contributed by atoms with Gasteiger partial charge in [-0.3, -0.25) is 10.1 Å². The smallest absolute Gasteiger partial charge is 0.304 e. The van der Waals surface area contributed by atoms with Gasteiger partial charge in [-0.25, -0.2) is 8.42 Å². The van der Waals surface area contributed by atoms with Crippen LogP contribution in [0.25, 0.3) is 0 Å². The van der Waals surface area contributed by atoms with Gasteiger partial charge in [-0.1, -0.05) is 11.3 Å². The monoisotopic (exact) mass is 318 g/mol. The molecule has 8 nitrogen and oxygen atoms in total. The van der Waals surface area contributed by atoms with Crippen LogP contribution in [0.1, 0.15) is 20.3 Å². The number of hydrogen-bond donors (Lipinski definition) is 1. The summed E-state index contributed by atoms with van der Waals surface area (Å²) >= 11 is 0.652. The number of nitro groups is 1. The van der Waals surface area contributed by atoms with Crippen molar-refractivity contribution in [2.45, 2.75) is 30.5 Å². The van der Waals surface area contributed by atoms with Crippen molar-refractivity contribution in [1.82, 2.24) is 4.31 Å². The van der Waals surface area contributed by atoms with E-state index >= 15 is 0 Å². The summed E-state index contributed by atoms with van der Waals surface area (Å²) in [6.07, 6.45) is 0.0420. The van der Waals surface area contributed by atoms with Gasteiger partial charge in [-0.05, 0) is 13.8 Å². The number of thiophene rings is 1. The molecule has 0 bridgehead atoms. The number of nitrogens with zero attached hydrogens (tertiary/aromatic N) is 3. The zero-order valence-corrected chi connectivity index (χ0v) is 12.6. The van der Waals surface area contributed by atoms with Crippen LogP contribution in [-0.2, 0) is 10.0 Å². The highest BCUT2D eigenvalue weighted by Crippen LogP contribution is 2.36.